The first kappa shape index (κ1) is 45.9. The number of aromatic hydroxyl groups is 1. The van der Waals surface area contributed by atoms with E-state index in [1.807, 2.05) is 0 Å². The predicted octanol–water partition coefficient (Wildman–Crippen LogP) is -2.26. The number of benzene rings is 1. The highest BCUT2D eigenvalue weighted by Gasteiger charge is 2.40. The average Bonchev–Trinajstić information content (AvgIpc) is 3.58. The normalized spacial score (nSPS) is 17.3. The first-order valence-corrected chi connectivity index (χ1v) is 18.2. The number of primary amides is 1. The number of carbonyl (C=O) groups excluding carboxylic acids is 7. The number of carboxylic acids is 1. The Bertz CT molecular complexity index is 1540. The van der Waals surface area contributed by atoms with Crippen LogP contribution in [0.15, 0.2) is 24.3 Å². The number of likely N-dealkylation sites (tertiary alicyclic amines) is 1. The molecule has 0 saturated carbocycles. The Morgan fingerprint density at radius 1 is 0.818 bits per heavy atom. The van der Waals surface area contributed by atoms with Gasteiger partial charge in [-0.15, -0.1) is 0 Å². The maximum Gasteiger partial charge on any atom is 0.326 e. The lowest BCUT2D eigenvalue weighted by molar-refractivity contribution is -0.144. The Morgan fingerprint density at radius 2 is 1.40 bits per heavy atom. The third kappa shape index (κ3) is 15.2. The summed E-state index contributed by atoms with van der Waals surface area (Å²) in [6, 6.07) is -1.79. The highest BCUT2D eigenvalue weighted by Crippen LogP contribution is 2.21. The Labute approximate surface area is 319 Å². The Morgan fingerprint density at radius 3 is 1.95 bits per heavy atom. The molecule has 7 unspecified atom stereocenters. The first-order chi connectivity index (χ1) is 25.7. The van der Waals surface area contributed by atoms with E-state index in [2.05, 4.69) is 26.6 Å². The lowest BCUT2D eigenvalue weighted by Gasteiger charge is -2.31. The zero-order chi connectivity index (χ0) is 41.6. The number of aliphatic hydroxyl groups excluding tert-OH is 1. The van der Waals surface area contributed by atoms with Crippen molar-refractivity contribution in [3.05, 3.63) is 29.8 Å². The largest absolute Gasteiger partial charge is 0.508 e. The molecule has 0 radical (unpaired) electrons. The van der Waals surface area contributed by atoms with Gasteiger partial charge in [-0.05, 0) is 62.1 Å². The molecule has 19 heteroatoms. The van der Waals surface area contributed by atoms with Gasteiger partial charge >= 0.3 is 5.97 Å². The second kappa shape index (κ2) is 21.6. The van der Waals surface area contributed by atoms with Crippen molar-refractivity contribution in [2.45, 2.75) is 115 Å². The zero-order valence-corrected chi connectivity index (χ0v) is 31.9. The number of carbonyl (C=O) groups is 8. The SMILES string of the molecule is CC(C)CC(NC(=O)C(NC(=O)C1CCCN1C(=O)C(Cc1ccc(O)cc1)NC(=O)C(CC(C)C)NC(=O)CNC(=O)C(N)CC(N)=O)C(C)O)C(=O)O. The molecule has 7 atom stereocenters. The van der Waals surface area contributed by atoms with Gasteiger partial charge in [0.1, 0.15) is 36.0 Å². The summed E-state index contributed by atoms with van der Waals surface area (Å²) in [6.45, 7) is 7.93. The first-order valence-electron chi connectivity index (χ1n) is 18.2. The van der Waals surface area contributed by atoms with Crippen LogP contribution in [0.4, 0.5) is 0 Å². The number of nitrogens with two attached hydrogens (primary N) is 2. The van der Waals surface area contributed by atoms with Gasteiger partial charge in [0.2, 0.25) is 41.4 Å². The summed E-state index contributed by atoms with van der Waals surface area (Å²) >= 11 is 0. The van der Waals surface area contributed by atoms with Crippen LogP contribution in [-0.4, -0.2) is 123 Å². The third-order valence-electron chi connectivity index (χ3n) is 8.75. The molecule has 1 saturated heterocycles. The molecule has 1 fully saturated rings. The van der Waals surface area contributed by atoms with Crippen molar-refractivity contribution in [3.8, 4) is 5.75 Å². The van der Waals surface area contributed by atoms with Gasteiger partial charge in [0.05, 0.1) is 25.1 Å². The number of rotatable bonds is 21. The zero-order valence-electron chi connectivity index (χ0n) is 31.9. The molecule has 1 aromatic rings. The molecule has 19 nitrogen and oxygen atoms in total. The average molecular weight is 777 g/mol. The molecule has 0 aromatic heterocycles. The molecule has 55 heavy (non-hydrogen) atoms. The van der Waals surface area contributed by atoms with Crippen LogP contribution in [0.3, 0.4) is 0 Å². The quantitative estimate of drug-likeness (QED) is 0.0633. The molecule has 0 aliphatic carbocycles. The van der Waals surface area contributed by atoms with Crippen molar-refractivity contribution < 1.29 is 53.7 Å². The number of aliphatic hydroxyl groups is 1. The van der Waals surface area contributed by atoms with Crippen LogP contribution >= 0.6 is 0 Å². The van der Waals surface area contributed by atoms with Gasteiger partial charge in [0.25, 0.3) is 0 Å². The maximum atomic E-state index is 14.2. The van der Waals surface area contributed by atoms with Crippen LogP contribution in [-0.2, 0) is 44.8 Å². The molecular formula is C36H56N8O11. The third-order valence-corrected chi connectivity index (χ3v) is 8.75. The van der Waals surface area contributed by atoms with Gasteiger partial charge in [-0.2, -0.15) is 0 Å². The molecule has 12 N–H and O–H groups in total. The molecule has 2 rings (SSSR count). The Kier molecular flexibility index (Phi) is 18.0. The minimum absolute atomic E-state index is 0.0371. The van der Waals surface area contributed by atoms with Crippen LogP contribution in [0, 0.1) is 11.8 Å². The van der Waals surface area contributed by atoms with E-state index in [0.717, 1.165) is 0 Å². The highest BCUT2D eigenvalue weighted by molar-refractivity contribution is 5.97. The molecular weight excluding hydrogens is 720 g/mol. The molecule has 1 aliphatic rings. The number of carboxylic acid groups (broad SMARTS) is 1. The van der Waals surface area contributed by atoms with Crippen molar-refractivity contribution in [2.75, 3.05) is 13.1 Å². The minimum Gasteiger partial charge on any atom is -0.508 e. The number of nitrogens with zero attached hydrogens (tertiary/aromatic N) is 1. The fourth-order valence-corrected chi connectivity index (χ4v) is 6.01. The van der Waals surface area contributed by atoms with Crippen LogP contribution in [0.2, 0.25) is 0 Å². The van der Waals surface area contributed by atoms with E-state index in [1.165, 1.54) is 24.0 Å². The van der Waals surface area contributed by atoms with E-state index >= 15 is 0 Å². The lowest BCUT2D eigenvalue weighted by Crippen LogP contribution is -2.60. The fraction of sp³-hybridized carbons (Fsp3) is 0.611. The van der Waals surface area contributed by atoms with Crippen LogP contribution in [0.5, 0.6) is 5.75 Å². The molecule has 1 heterocycles. The summed E-state index contributed by atoms with van der Waals surface area (Å²) in [4.78, 5) is 104. The van der Waals surface area contributed by atoms with E-state index in [4.69, 9.17) is 11.5 Å². The summed E-state index contributed by atoms with van der Waals surface area (Å²) in [5.41, 5.74) is 11.2. The van der Waals surface area contributed by atoms with Crippen molar-refractivity contribution in [3.63, 3.8) is 0 Å². The number of aliphatic carboxylic acids is 1. The molecule has 1 aromatic carbocycles. The van der Waals surface area contributed by atoms with Gasteiger partial charge in [0, 0.05) is 13.0 Å². The van der Waals surface area contributed by atoms with Crippen LogP contribution in [0.1, 0.15) is 72.3 Å². The van der Waals surface area contributed by atoms with E-state index in [1.54, 1.807) is 39.8 Å². The van der Waals surface area contributed by atoms with Gasteiger partial charge in [-0.3, -0.25) is 33.6 Å². The fourth-order valence-electron chi connectivity index (χ4n) is 6.01. The summed E-state index contributed by atoms with van der Waals surface area (Å²) < 4.78 is 0. The summed E-state index contributed by atoms with van der Waals surface area (Å²) in [6.07, 6.45) is -1.17. The molecule has 0 spiro atoms. The second-order valence-corrected chi connectivity index (χ2v) is 14.6. The topological polar surface area (TPSA) is 313 Å². The minimum atomic E-state index is -1.55. The van der Waals surface area contributed by atoms with Crippen LogP contribution in [0.25, 0.3) is 0 Å². The number of amides is 7. The van der Waals surface area contributed by atoms with Crippen molar-refractivity contribution in [1.82, 2.24) is 31.5 Å². The Hall–Kier alpha value is -5.30. The van der Waals surface area contributed by atoms with E-state index in [0.29, 0.717) is 12.0 Å². The van der Waals surface area contributed by atoms with E-state index < -0.39 is 103 Å². The maximum absolute atomic E-state index is 14.2. The highest BCUT2D eigenvalue weighted by atomic mass is 16.4. The number of phenols is 1. The van der Waals surface area contributed by atoms with Gasteiger partial charge < -0.3 is 58.3 Å². The van der Waals surface area contributed by atoms with E-state index in [-0.39, 0.29) is 49.8 Å². The number of phenolic OH excluding ortho intramolecular Hbond substituents is 1. The molecule has 306 valence electrons. The number of nitrogens with one attached hydrogen (secondary N) is 5. The number of hydrogen-bond donors (Lipinski definition) is 10. The molecule has 1 aliphatic heterocycles. The number of hydrogen-bond acceptors (Lipinski definition) is 11. The summed E-state index contributed by atoms with van der Waals surface area (Å²) in [5, 5.41) is 42.1. The molecule has 0 bridgehead atoms. The van der Waals surface area contributed by atoms with Crippen molar-refractivity contribution in [2.24, 2.45) is 23.3 Å². The van der Waals surface area contributed by atoms with Gasteiger partial charge in [-0.1, -0.05) is 39.8 Å². The standard InChI is InChI=1S/C36H56N8O11/c1-18(2)13-24(40-29(48)17-39-31(49)23(37)16-28(38)47)32(50)41-25(15-21-8-10-22(46)11-9-21)35(53)44-12-6-7-27(44)33(51)43-30(20(5)45)34(52)42-26(36(54)55)14-19(3)4/h8-11,18-20,23-27,30,45-46H,6-7,12-17,37H2,1-5H3,(H2,38,47)(H,39,49)(H,40,48)(H,41,50)(H,42,52)(H,43,51)(H,54,55). The smallest absolute Gasteiger partial charge is 0.326 e. The predicted molar refractivity (Wildman–Crippen MR) is 197 cm³/mol. The van der Waals surface area contributed by atoms with Gasteiger partial charge in [-0.25, -0.2) is 4.79 Å². The van der Waals surface area contributed by atoms with Crippen LogP contribution < -0.4 is 38.1 Å². The van der Waals surface area contributed by atoms with Crippen molar-refractivity contribution >= 4 is 47.3 Å². The Balaban J connectivity index is 2.30. The second-order valence-electron chi connectivity index (χ2n) is 14.6. The molecule has 7 amide bonds. The van der Waals surface area contributed by atoms with E-state index in [9.17, 15) is 53.7 Å². The van der Waals surface area contributed by atoms with Crippen molar-refractivity contribution in [1.29, 1.82) is 0 Å². The lowest BCUT2D eigenvalue weighted by atomic mass is 10.0. The summed E-state index contributed by atoms with van der Waals surface area (Å²) in [7, 11) is 0. The monoisotopic (exact) mass is 776 g/mol. The summed E-state index contributed by atoms with van der Waals surface area (Å²) in [5.74, 6) is -7.00. The van der Waals surface area contributed by atoms with Gasteiger partial charge in [0.15, 0.2) is 0 Å².